The summed E-state index contributed by atoms with van der Waals surface area (Å²) in [5.41, 5.74) is 0.279. The van der Waals surface area contributed by atoms with Gasteiger partial charge in [0.15, 0.2) is 9.84 Å². The zero-order valence-electron chi connectivity index (χ0n) is 11.4. The van der Waals surface area contributed by atoms with Gasteiger partial charge >= 0.3 is 0 Å². The molecule has 0 spiro atoms. The Morgan fingerprint density at radius 1 is 1.40 bits per heavy atom. The minimum atomic E-state index is -3.18. The molecule has 110 valence electrons. The lowest BCUT2D eigenvalue weighted by molar-refractivity contribution is 0.339. The summed E-state index contributed by atoms with van der Waals surface area (Å²) in [5.74, 6) is 4.66. The molecule has 0 fully saturated rings. The van der Waals surface area contributed by atoms with Crippen LogP contribution in [0, 0.1) is 17.7 Å². The van der Waals surface area contributed by atoms with Crippen molar-refractivity contribution in [3.05, 3.63) is 29.6 Å². The molecule has 4 nitrogen and oxygen atoms in total. The molecule has 1 aromatic carbocycles. The van der Waals surface area contributed by atoms with Crippen LogP contribution in [0.25, 0.3) is 0 Å². The molecule has 20 heavy (non-hydrogen) atoms. The van der Waals surface area contributed by atoms with Gasteiger partial charge in [-0.05, 0) is 32.0 Å². The Balaban J connectivity index is 2.78. The van der Waals surface area contributed by atoms with Gasteiger partial charge < -0.3 is 9.84 Å². The van der Waals surface area contributed by atoms with Gasteiger partial charge in [-0.15, -0.1) is 0 Å². The highest BCUT2D eigenvalue weighted by Gasteiger charge is 2.16. The SMILES string of the molecule is CC(C)S(=O)(=O)CCOc1ccc(F)cc1C#CCO. The van der Waals surface area contributed by atoms with Gasteiger partial charge in [-0.3, -0.25) is 0 Å². The van der Waals surface area contributed by atoms with E-state index in [9.17, 15) is 12.8 Å². The average molecular weight is 300 g/mol. The molecule has 0 unspecified atom stereocenters. The third kappa shape index (κ3) is 4.83. The van der Waals surface area contributed by atoms with Crippen LogP contribution in [0.1, 0.15) is 19.4 Å². The summed E-state index contributed by atoms with van der Waals surface area (Å²) in [5, 5.41) is 8.18. The van der Waals surface area contributed by atoms with Crippen molar-refractivity contribution in [2.75, 3.05) is 19.0 Å². The smallest absolute Gasteiger partial charge is 0.155 e. The van der Waals surface area contributed by atoms with Crippen molar-refractivity contribution in [3.8, 4) is 17.6 Å². The maximum Gasteiger partial charge on any atom is 0.155 e. The first-order chi connectivity index (χ1) is 9.36. The summed E-state index contributed by atoms with van der Waals surface area (Å²) >= 11 is 0. The normalized spacial score (nSPS) is 11.1. The Morgan fingerprint density at radius 2 is 2.10 bits per heavy atom. The molecule has 0 aromatic heterocycles. The Hall–Kier alpha value is -1.58. The van der Waals surface area contributed by atoms with E-state index in [1.807, 2.05) is 0 Å². The van der Waals surface area contributed by atoms with Crippen molar-refractivity contribution in [1.82, 2.24) is 0 Å². The zero-order valence-corrected chi connectivity index (χ0v) is 12.2. The molecule has 6 heteroatoms. The van der Waals surface area contributed by atoms with Crippen LogP contribution in [-0.4, -0.2) is 37.7 Å². The van der Waals surface area contributed by atoms with E-state index in [0.29, 0.717) is 5.75 Å². The summed E-state index contributed by atoms with van der Waals surface area (Å²) in [6, 6.07) is 3.77. The first-order valence-corrected chi connectivity index (χ1v) is 7.82. The molecule has 0 aliphatic carbocycles. The van der Waals surface area contributed by atoms with Crippen molar-refractivity contribution in [1.29, 1.82) is 0 Å². The van der Waals surface area contributed by atoms with Gasteiger partial charge in [0.1, 0.15) is 24.8 Å². The van der Waals surface area contributed by atoms with Crippen LogP contribution in [0.5, 0.6) is 5.75 Å². The lowest BCUT2D eigenvalue weighted by Gasteiger charge is -2.10. The number of aliphatic hydroxyl groups excluding tert-OH is 1. The summed E-state index contributed by atoms with van der Waals surface area (Å²) in [6.07, 6.45) is 0. The first-order valence-electron chi connectivity index (χ1n) is 6.10. The first kappa shape index (κ1) is 16.5. The van der Waals surface area contributed by atoms with E-state index < -0.39 is 20.9 Å². The molecule has 0 aliphatic rings. The largest absolute Gasteiger partial charge is 0.491 e. The van der Waals surface area contributed by atoms with Crippen molar-refractivity contribution in [3.63, 3.8) is 0 Å². The van der Waals surface area contributed by atoms with E-state index in [1.54, 1.807) is 13.8 Å². The number of sulfone groups is 1. The molecule has 0 amide bonds. The maximum absolute atomic E-state index is 13.1. The van der Waals surface area contributed by atoms with E-state index in [0.717, 1.165) is 0 Å². The third-order valence-electron chi connectivity index (χ3n) is 2.59. The fourth-order valence-electron chi connectivity index (χ4n) is 1.36. The molecule has 1 rings (SSSR count). The van der Waals surface area contributed by atoms with Gasteiger partial charge in [0.05, 0.1) is 16.6 Å². The number of ether oxygens (including phenoxy) is 1. The van der Waals surface area contributed by atoms with E-state index >= 15 is 0 Å². The van der Waals surface area contributed by atoms with Crippen LogP contribution in [0.15, 0.2) is 18.2 Å². The quantitative estimate of drug-likeness (QED) is 0.834. The average Bonchev–Trinajstić information content (AvgIpc) is 2.38. The molecule has 1 aromatic rings. The highest BCUT2D eigenvalue weighted by Crippen LogP contribution is 2.19. The Labute approximate surface area is 118 Å². The predicted molar refractivity (Wildman–Crippen MR) is 74.8 cm³/mol. The molecule has 0 aliphatic heterocycles. The highest BCUT2D eigenvalue weighted by atomic mass is 32.2. The Morgan fingerprint density at radius 3 is 2.70 bits per heavy atom. The van der Waals surface area contributed by atoms with Crippen molar-refractivity contribution in [2.45, 2.75) is 19.1 Å². The van der Waals surface area contributed by atoms with Crippen molar-refractivity contribution in [2.24, 2.45) is 0 Å². The second-order valence-electron chi connectivity index (χ2n) is 4.36. The number of halogens is 1. The zero-order chi connectivity index (χ0) is 15.2. The van der Waals surface area contributed by atoms with E-state index in [1.165, 1.54) is 18.2 Å². The lowest BCUT2D eigenvalue weighted by Crippen LogP contribution is -2.22. The topological polar surface area (TPSA) is 63.6 Å². The van der Waals surface area contributed by atoms with Crippen LogP contribution in [0.3, 0.4) is 0 Å². The number of rotatable bonds is 5. The van der Waals surface area contributed by atoms with Gasteiger partial charge in [-0.1, -0.05) is 11.8 Å². The lowest BCUT2D eigenvalue weighted by atomic mass is 10.2. The predicted octanol–water partition coefficient (Wildman–Crippen LogP) is 1.37. The number of benzene rings is 1. The molecule has 0 heterocycles. The molecular formula is C14H17FO4S. The molecule has 0 radical (unpaired) electrons. The fraction of sp³-hybridized carbons (Fsp3) is 0.429. The van der Waals surface area contributed by atoms with Gasteiger partial charge in [0, 0.05) is 0 Å². The molecule has 0 atom stereocenters. The second kappa shape index (κ2) is 7.27. The minimum Gasteiger partial charge on any atom is -0.491 e. The fourth-order valence-corrected chi connectivity index (χ4v) is 2.15. The van der Waals surface area contributed by atoms with E-state index in [4.69, 9.17) is 9.84 Å². The summed E-state index contributed by atoms with van der Waals surface area (Å²) in [4.78, 5) is 0. The maximum atomic E-state index is 13.1. The molecular weight excluding hydrogens is 283 g/mol. The van der Waals surface area contributed by atoms with E-state index in [2.05, 4.69) is 11.8 Å². The van der Waals surface area contributed by atoms with Crippen LogP contribution in [0.4, 0.5) is 4.39 Å². The second-order valence-corrected chi connectivity index (χ2v) is 7.04. The molecule has 0 saturated carbocycles. The van der Waals surface area contributed by atoms with Gasteiger partial charge in [0.25, 0.3) is 0 Å². The summed E-state index contributed by atoms with van der Waals surface area (Å²) < 4.78 is 41.7. The minimum absolute atomic E-state index is 0.0278. The summed E-state index contributed by atoms with van der Waals surface area (Å²) in [7, 11) is -3.18. The Kier molecular flexibility index (Phi) is 5.99. The number of hydrogen-bond donors (Lipinski definition) is 1. The standard InChI is InChI=1S/C14H17FO4S/c1-11(2)20(17,18)9-8-19-14-6-5-13(15)10-12(14)4-3-7-16/h5-6,10-11,16H,7-9H2,1-2H3. The van der Waals surface area contributed by atoms with Crippen molar-refractivity contribution < 1.29 is 22.7 Å². The summed E-state index contributed by atoms with van der Waals surface area (Å²) in [6.45, 7) is 2.83. The number of hydrogen-bond acceptors (Lipinski definition) is 4. The monoisotopic (exact) mass is 300 g/mol. The third-order valence-corrected chi connectivity index (χ3v) is 4.76. The van der Waals surface area contributed by atoms with Crippen LogP contribution in [0.2, 0.25) is 0 Å². The molecule has 0 bridgehead atoms. The highest BCUT2D eigenvalue weighted by molar-refractivity contribution is 7.91. The van der Waals surface area contributed by atoms with Crippen LogP contribution in [-0.2, 0) is 9.84 Å². The van der Waals surface area contributed by atoms with Crippen LogP contribution >= 0.6 is 0 Å². The van der Waals surface area contributed by atoms with E-state index in [-0.39, 0.29) is 24.5 Å². The van der Waals surface area contributed by atoms with Crippen LogP contribution < -0.4 is 4.74 Å². The molecule has 1 N–H and O–H groups in total. The Bertz CT molecular complexity index is 612. The van der Waals surface area contributed by atoms with Gasteiger partial charge in [0.2, 0.25) is 0 Å². The number of aliphatic hydroxyl groups is 1. The van der Waals surface area contributed by atoms with Crippen molar-refractivity contribution >= 4 is 9.84 Å². The van der Waals surface area contributed by atoms with Gasteiger partial charge in [-0.2, -0.15) is 0 Å². The van der Waals surface area contributed by atoms with Gasteiger partial charge in [-0.25, -0.2) is 12.8 Å². The molecule has 0 saturated heterocycles.